The molecular formula is C13H27NO4. The van der Waals surface area contributed by atoms with Crippen LogP contribution in [0.5, 0.6) is 0 Å². The number of esters is 1. The number of hydrogen-bond donors (Lipinski definition) is 1. The van der Waals surface area contributed by atoms with Crippen molar-refractivity contribution in [2.24, 2.45) is 0 Å². The molecule has 1 unspecified atom stereocenters. The second-order valence-electron chi connectivity index (χ2n) is 4.29. The predicted octanol–water partition coefficient (Wildman–Crippen LogP) is 1.36. The zero-order valence-electron chi connectivity index (χ0n) is 12.1. The quantitative estimate of drug-likeness (QED) is 0.449. The van der Waals surface area contributed by atoms with Crippen LogP contribution in [0.1, 0.15) is 33.6 Å². The van der Waals surface area contributed by atoms with Gasteiger partial charge in [-0.15, -0.1) is 0 Å². The highest BCUT2D eigenvalue weighted by Gasteiger charge is 2.32. The molecule has 1 N–H and O–H groups in total. The Morgan fingerprint density at radius 3 is 2.50 bits per heavy atom. The number of likely N-dealkylation sites (N-methyl/N-ethyl adjacent to an activating group) is 1. The summed E-state index contributed by atoms with van der Waals surface area (Å²) >= 11 is 0. The molecule has 0 aromatic heterocycles. The monoisotopic (exact) mass is 261 g/mol. The van der Waals surface area contributed by atoms with Crippen LogP contribution in [0.3, 0.4) is 0 Å². The summed E-state index contributed by atoms with van der Waals surface area (Å²) in [6, 6.07) is 0. The molecule has 0 aliphatic rings. The van der Waals surface area contributed by atoms with E-state index in [4.69, 9.17) is 14.2 Å². The maximum absolute atomic E-state index is 11.9. The number of carbonyl (C=O) groups is 1. The van der Waals surface area contributed by atoms with E-state index in [1.807, 2.05) is 20.8 Å². The minimum absolute atomic E-state index is 0.191. The van der Waals surface area contributed by atoms with E-state index in [1.165, 1.54) is 0 Å². The molecule has 0 spiro atoms. The molecule has 5 nitrogen and oxygen atoms in total. The first-order chi connectivity index (χ1) is 8.60. The van der Waals surface area contributed by atoms with Gasteiger partial charge in [0.25, 0.3) is 0 Å². The third-order valence-corrected chi connectivity index (χ3v) is 2.69. The first-order valence-electron chi connectivity index (χ1n) is 6.59. The van der Waals surface area contributed by atoms with Gasteiger partial charge in [0, 0.05) is 13.7 Å². The number of rotatable bonds is 11. The Balaban J connectivity index is 3.98. The van der Waals surface area contributed by atoms with E-state index < -0.39 is 5.54 Å². The van der Waals surface area contributed by atoms with Gasteiger partial charge in [0.1, 0.15) is 5.54 Å². The SMILES string of the molecule is CCNC(C)(CCCOCCOC)C(=O)OCC. The molecule has 0 saturated carbocycles. The topological polar surface area (TPSA) is 56.8 Å². The molecule has 0 aliphatic carbocycles. The smallest absolute Gasteiger partial charge is 0.326 e. The Labute approximate surface area is 110 Å². The first kappa shape index (κ1) is 17.4. The van der Waals surface area contributed by atoms with Gasteiger partial charge in [-0.25, -0.2) is 0 Å². The van der Waals surface area contributed by atoms with Gasteiger partial charge in [0.15, 0.2) is 0 Å². The van der Waals surface area contributed by atoms with Gasteiger partial charge in [0.2, 0.25) is 0 Å². The molecule has 0 aliphatic heterocycles. The molecule has 1 atom stereocenters. The average molecular weight is 261 g/mol. The Morgan fingerprint density at radius 1 is 1.22 bits per heavy atom. The standard InChI is InChI=1S/C13H27NO4/c1-5-14-13(3,12(15)18-6-2)8-7-9-17-11-10-16-4/h14H,5-11H2,1-4H3. The van der Waals surface area contributed by atoms with Gasteiger partial charge in [-0.05, 0) is 33.2 Å². The summed E-state index contributed by atoms with van der Waals surface area (Å²) in [6.07, 6.45) is 1.51. The van der Waals surface area contributed by atoms with E-state index in [2.05, 4.69) is 5.32 Å². The summed E-state index contributed by atoms with van der Waals surface area (Å²) in [5.41, 5.74) is -0.616. The van der Waals surface area contributed by atoms with Crippen LogP contribution in [0.4, 0.5) is 0 Å². The fourth-order valence-electron chi connectivity index (χ4n) is 1.72. The van der Waals surface area contributed by atoms with Crippen molar-refractivity contribution in [2.45, 2.75) is 39.2 Å². The molecule has 108 valence electrons. The predicted molar refractivity (Wildman–Crippen MR) is 70.6 cm³/mol. The molecule has 0 amide bonds. The highest BCUT2D eigenvalue weighted by molar-refractivity contribution is 5.80. The molecule has 0 aromatic carbocycles. The summed E-state index contributed by atoms with van der Waals surface area (Å²) in [7, 11) is 1.65. The number of ether oxygens (including phenoxy) is 3. The van der Waals surface area contributed by atoms with Crippen molar-refractivity contribution in [3.63, 3.8) is 0 Å². The molecular weight excluding hydrogens is 234 g/mol. The fourth-order valence-corrected chi connectivity index (χ4v) is 1.72. The van der Waals surface area contributed by atoms with Crippen LogP contribution in [0.15, 0.2) is 0 Å². The Hall–Kier alpha value is -0.650. The van der Waals surface area contributed by atoms with E-state index in [1.54, 1.807) is 7.11 Å². The van der Waals surface area contributed by atoms with Crippen molar-refractivity contribution >= 4 is 5.97 Å². The summed E-state index contributed by atoms with van der Waals surface area (Å²) in [6.45, 7) is 8.64. The zero-order valence-corrected chi connectivity index (χ0v) is 12.1. The minimum Gasteiger partial charge on any atom is -0.465 e. The Morgan fingerprint density at radius 2 is 1.94 bits per heavy atom. The van der Waals surface area contributed by atoms with Gasteiger partial charge in [-0.2, -0.15) is 0 Å². The lowest BCUT2D eigenvalue weighted by atomic mass is 9.96. The van der Waals surface area contributed by atoms with Crippen molar-refractivity contribution in [3.8, 4) is 0 Å². The second kappa shape index (κ2) is 10.3. The van der Waals surface area contributed by atoms with Gasteiger partial charge >= 0.3 is 5.97 Å². The molecule has 0 saturated heterocycles. The summed E-state index contributed by atoms with van der Waals surface area (Å²) in [4.78, 5) is 11.9. The molecule has 0 radical (unpaired) electrons. The van der Waals surface area contributed by atoms with E-state index in [-0.39, 0.29) is 5.97 Å². The van der Waals surface area contributed by atoms with E-state index in [0.717, 1.165) is 13.0 Å². The molecule has 0 bridgehead atoms. The van der Waals surface area contributed by atoms with Gasteiger partial charge in [-0.1, -0.05) is 6.92 Å². The van der Waals surface area contributed by atoms with E-state index in [9.17, 15) is 4.79 Å². The van der Waals surface area contributed by atoms with Crippen molar-refractivity contribution in [1.82, 2.24) is 5.32 Å². The van der Waals surface area contributed by atoms with Crippen molar-refractivity contribution in [2.75, 3.05) is 40.1 Å². The molecule has 5 heteroatoms. The Kier molecular flexibility index (Phi) is 9.92. The van der Waals surface area contributed by atoms with Gasteiger partial charge in [-0.3, -0.25) is 4.79 Å². The van der Waals surface area contributed by atoms with Gasteiger partial charge < -0.3 is 19.5 Å². The van der Waals surface area contributed by atoms with Crippen molar-refractivity contribution in [3.05, 3.63) is 0 Å². The van der Waals surface area contributed by atoms with Crippen LogP contribution in [-0.4, -0.2) is 51.6 Å². The van der Waals surface area contributed by atoms with Crippen LogP contribution in [0.2, 0.25) is 0 Å². The van der Waals surface area contributed by atoms with Crippen LogP contribution < -0.4 is 5.32 Å². The summed E-state index contributed by atoms with van der Waals surface area (Å²) < 4.78 is 15.4. The Bertz CT molecular complexity index is 223. The molecule has 0 rings (SSSR count). The summed E-state index contributed by atoms with van der Waals surface area (Å²) in [5, 5.41) is 3.19. The van der Waals surface area contributed by atoms with Crippen LogP contribution in [-0.2, 0) is 19.0 Å². The van der Waals surface area contributed by atoms with Crippen LogP contribution in [0.25, 0.3) is 0 Å². The van der Waals surface area contributed by atoms with E-state index in [0.29, 0.717) is 32.8 Å². The van der Waals surface area contributed by atoms with Crippen molar-refractivity contribution in [1.29, 1.82) is 0 Å². The second-order valence-corrected chi connectivity index (χ2v) is 4.29. The third kappa shape index (κ3) is 6.93. The maximum atomic E-state index is 11.9. The first-order valence-corrected chi connectivity index (χ1v) is 6.59. The third-order valence-electron chi connectivity index (χ3n) is 2.69. The molecule has 0 fully saturated rings. The number of carbonyl (C=O) groups excluding carboxylic acids is 1. The minimum atomic E-state index is -0.616. The van der Waals surface area contributed by atoms with E-state index >= 15 is 0 Å². The average Bonchev–Trinajstić information content (AvgIpc) is 2.34. The van der Waals surface area contributed by atoms with Crippen molar-refractivity contribution < 1.29 is 19.0 Å². The molecule has 18 heavy (non-hydrogen) atoms. The van der Waals surface area contributed by atoms with Gasteiger partial charge in [0.05, 0.1) is 19.8 Å². The molecule has 0 aromatic rings. The highest BCUT2D eigenvalue weighted by Crippen LogP contribution is 2.14. The normalized spacial score (nSPS) is 14.2. The lowest BCUT2D eigenvalue weighted by Gasteiger charge is -2.28. The fraction of sp³-hybridized carbons (Fsp3) is 0.923. The summed E-state index contributed by atoms with van der Waals surface area (Å²) in [5.74, 6) is -0.191. The lowest BCUT2D eigenvalue weighted by molar-refractivity contribution is -0.151. The lowest BCUT2D eigenvalue weighted by Crippen LogP contribution is -2.50. The largest absolute Gasteiger partial charge is 0.465 e. The zero-order chi connectivity index (χ0) is 13.9. The van der Waals surface area contributed by atoms with Crippen LogP contribution in [0, 0.1) is 0 Å². The number of hydrogen-bond acceptors (Lipinski definition) is 5. The highest BCUT2D eigenvalue weighted by atomic mass is 16.5. The number of methoxy groups -OCH3 is 1. The number of nitrogens with one attached hydrogen (secondary N) is 1. The van der Waals surface area contributed by atoms with Crippen LogP contribution >= 0.6 is 0 Å². The molecule has 0 heterocycles. The maximum Gasteiger partial charge on any atom is 0.326 e.